The number of methoxy groups -OCH3 is 2. The van der Waals surface area contributed by atoms with Crippen molar-refractivity contribution in [3.63, 3.8) is 0 Å². The van der Waals surface area contributed by atoms with Crippen molar-refractivity contribution in [2.45, 2.75) is 52.3 Å². The van der Waals surface area contributed by atoms with Gasteiger partial charge in [0.2, 0.25) is 0 Å². The summed E-state index contributed by atoms with van der Waals surface area (Å²) in [4.78, 5) is 14.1. The van der Waals surface area contributed by atoms with Gasteiger partial charge in [0.1, 0.15) is 5.75 Å². The monoisotopic (exact) mass is 485 g/mol. The molecule has 192 valence electrons. The quantitative estimate of drug-likeness (QED) is 0.439. The Morgan fingerprint density at radius 3 is 2.80 bits per heavy atom. The maximum atomic E-state index is 11.8. The predicted octanol–water partition coefficient (Wildman–Crippen LogP) is 3.16. The topological polar surface area (TPSA) is 97.8 Å². The lowest BCUT2D eigenvalue weighted by Gasteiger charge is -2.33. The first-order chi connectivity index (χ1) is 17.0. The number of aromatic nitrogens is 2. The number of hydrogen-bond donors (Lipinski definition) is 2. The molecule has 1 fully saturated rings. The summed E-state index contributed by atoms with van der Waals surface area (Å²) < 4.78 is 15.9. The zero-order valence-corrected chi connectivity index (χ0v) is 21.6. The van der Waals surface area contributed by atoms with E-state index in [-0.39, 0.29) is 12.0 Å². The first-order valence-electron chi connectivity index (χ1n) is 12.3. The minimum absolute atomic E-state index is 0.137. The number of nitrogens with one attached hydrogen (secondary N) is 2. The van der Waals surface area contributed by atoms with E-state index in [1.54, 1.807) is 14.2 Å². The molecule has 0 radical (unpaired) electrons. The van der Waals surface area contributed by atoms with Crippen LogP contribution in [0, 0.1) is 6.92 Å². The lowest BCUT2D eigenvalue weighted by molar-refractivity contribution is -0.143. The van der Waals surface area contributed by atoms with Crippen molar-refractivity contribution >= 4 is 11.8 Å². The van der Waals surface area contributed by atoms with Crippen LogP contribution in [0.15, 0.2) is 18.2 Å². The van der Waals surface area contributed by atoms with E-state index in [0.29, 0.717) is 32.7 Å². The third kappa shape index (κ3) is 7.13. The Kier molecular flexibility index (Phi) is 10.3. The minimum Gasteiger partial charge on any atom is -0.497 e. The Balaban J connectivity index is 1.81. The number of piperidine rings is 1. The molecule has 1 aromatic heterocycles. The van der Waals surface area contributed by atoms with Crippen LogP contribution in [0.4, 0.5) is 5.82 Å². The van der Waals surface area contributed by atoms with Gasteiger partial charge in [0.05, 0.1) is 32.4 Å². The molecule has 1 aliphatic rings. The number of carbonyl (C=O) groups is 1. The summed E-state index contributed by atoms with van der Waals surface area (Å²) in [6.07, 6.45) is 2.54. The second kappa shape index (κ2) is 13.4. The molecule has 1 aromatic carbocycles. The van der Waals surface area contributed by atoms with Crippen LogP contribution in [0.25, 0.3) is 11.3 Å². The standard InChI is InChI=1S/C26H39N5O4/c1-6-35-24(32)11-13-31-12-7-8-20(16-31)28-26-23(15-27-3)18(2)25(29-30-26)22-10-9-21(34-5)14-19(22)17-33-4/h9-10,14,20,27H,6-8,11-13,15-17H2,1-5H3,(H,28,30). The van der Waals surface area contributed by atoms with E-state index < -0.39 is 0 Å². The highest BCUT2D eigenvalue weighted by atomic mass is 16.5. The van der Waals surface area contributed by atoms with E-state index in [1.165, 1.54) is 0 Å². The first-order valence-corrected chi connectivity index (χ1v) is 12.3. The molecular formula is C26H39N5O4. The van der Waals surface area contributed by atoms with Gasteiger partial charge in [-0.3, -0.25) is 4.79 Å². The van der Waals surface area contributed by atoms with Crippen molar-refractivity contribution in [2.75, 3.05) is 52.8 Å². The molecule has 0 saturated carbocycles. The van der Waals surface area contributed by atoms with Gasteiger partial charge in [0.15, 0.2) is 5.82 Å². The van der Waals surface area contributed by atoms with Gasteiger partial charge in [-0.1, -0.05) is 0 Å². The fourth-order valence-electron chi connectivity index (χ4n) is 4.58. The highest BCUT2D eigenvalue weighted by Gasteiger charge is 2.23. The van der Waals surface area contributed by atoms with Crippen molar-refractivity contribution in [1.82, 2.24) is 20.4 Å². The van der Waals surface area contributed by atoms with Gasteiger partial charge in [0, 0.05) is 43.9 Å². The minimum atomic E-state index is -0.137. The lowest BCUT2D eigenvalue weighted by atomic mass is 9.98. The molecule has 9 heteroatoms. The van der Waals surface area contributed by atoms with E-state index in [0.717, 1.165) is 65.4 Å². The molecule has 9 nitrogen and oxygen atoms in total. The molecule has 0 spiro atoms. The first kappa shape index (κ1) is 26.8. The molecule has 3 rings (SSSR count). The second-order valence-electron chi connectivity index (χ2n) is 8.83. The number of likely N-dealkylation sites (tertiary alicyclic amines) is 1. The SMILES string of the molecule is CCOC(=O)CCN1CCCC(Nc2nnc(-c3ccc(OC)cc3COC)c(C)c2CNC)C1. The van der Waals surface area contributed by atoms with Crippen LogP contribution in [0.2, 0.25) is 0 Å². The van der Waals surface area contributed by atoms with Crippen LogP contribution in [0.3, 0.4) is 0 Å². The molecular weight excluding hydrogens is 446 g/mol. The number of hydrogen-bond acceptors (Lipinski definition) is 9. The largest absolute Gasteiger partial charge is 0.497 e. The van der Waals surface area contributed by atoms with Crippen molar-refractivity contribution in [1.29, 1.82) is 0 Å². The fraction of sp³-hybridized carbons (Fsp3) is 0.577. The zero-order valence-electron chi connectivity index (χ0n) is 21.6. The normalized spacial score (nSPS) is 16.2. The number of carbonyl (C=O) groups excluding carboxylic acids is 1. The zero-order chi connectivity index (χ0) is 25.2. The Labute approximate surface area is 208 Å². The number of anilines is 1. The summed E-state index contributed by atoms with van der Waals surface area (Å²) in [6, 6.07) is 6.18. The predicted molar refractivity (Wildman–Crippen MR) is 137 cm³/mol. The van der Waals surface area contributed by atoms with Gasteiger partial charge in [-0.05, 0) is 69.6 Å². The number of rotatable bonds is 12. The van der Waals surface area contributed by atoms with Crippen LogP contribution in [0.1, 0.15) is 42.9 Å². The van der Waals surface area contributed by atoms with E-state index in [9.17, 15) is 4.79 Å². The summed E-state index contributed by atoms with van der Waals surface area (Å²) >= 11 is 0. The molecule has 2 N–H and O–H groups in total. The molecule has 35 heavy (non-hydrogen) atoms. The van der Waals surface area contributed by atoms with Crippen LogP contribution in [-0.2, 0) is 27.4 Å². The maximum absolute atomic E-state index is 11.8. The van der Waals surface area contributed by atoms with Gasteiger partial charge in [-0.15, -0.1) is 10.2 Å². The summed E-state index contributed by atoms with van der Waals surface area (Å²) in [5.74, 6) is 1.45. The van der Waals surface area contributed by atoms with Gasteiger partial charge in [-0.25, -0.2) is 0 Å². The summed E-state index contributed by atoms with van der Waals surface area (Å²) in [7, 11) is 5.28. The molecule has 1 saturated heterocycles. The third-order valence-electron chi connectivity index (χ3n) is 6.35. The number of benzene rings is 1. The third-order valence-corrected chi connectivity index (χ3v) is 6.35. The van der Waals surface area contributed by atoms with Crippen LogP contribution >= 0.6 is 0 Å². The van der Waals surface area contributed by atoms with Crippen molar-refractivity contribution in [2.24, 2.45) is 0 Å². The summed E-state index contributed by atoms with van der Waals surface area (Å²) in [6.45, 7) is 8.04. The molecule has 2 aromatic rings. The highest BCUT2D eigenvalue weighted by Crippen LogP contribution is 2.32. The maximum Gasteiger partial charge on any atom is 0.307 e. The Morgan fingerprint density at radius 2 is 2.09 bits per heavy atom. The van der Waals surface area contributed by atoms with Gasteiger partial charge < -0.3 is 29.7 Å². The number of esters is 1. The second-order valence-corrected chi connectivity index (χ2v) is 8.83. The van der Waals surface area contributed by atoms with Crippen molar-refractivity contribution < 1.29 is 19.0 Å². The Hall–Kier alpha value is -2.75. The van der Waals surface area contributed by atoms with Crippen molar-refractivity contribution in [3.8, 4) is 17.0 Å². The van der Waals surface area contributed by atoms with Crippen LogP contribution in [-0.4, -0.2) is 74.6 Å². The van der Waals surface area contributed by atoms with Gasteiger partial charge in [-0.2, -0.15) is 0 Å². The molecule has 0 aliphatic carbocycles. The summed E-state index contributed by atoms with van der Waals surface area (Å²) in [5.41, 5.74) is 5.01. The van der Waals surface area contributed by atoms with E-state index >= 15 is 0 Å². The molecule has 1 aliphatic heterocycles. The molecule has 1 atom stereocenters. The fourth-order valence-corrected chi connectivity index (χ4v) is 4.58. The summed E-state index contributed by atoms with van der Waals surface area (Å²) in [5, 5.41) is 16.2. The van der Waals surface area contributed by atoms with Crippen LogP contribution in [0.5, 0.6) is 5.75 Å². The van der Waals surface area contributed by atoms with Crippen molar-refractivity contribution in [3.05, 3.63) is 34.9 Å². The van der Waals surface area contributed by atoms with Gasteiger partial charge >= 0.3 is 5.97 Å². The van der Waals surface area contributed by atoms with E-state index in [4.69, 9.17) is 14.2 Å². The number of ether oxygens (including phenoxy) is 3. The van der Waals surface area contributed by atoms with Gasteiger partial charge in [0.25, 0.3) is 0 Å². The van der Waals surface area contributed by atoms with E-state index in [1.807, 2.05) is 32.2 Å². The lowest BCUT2D eigenvalue weighted by Crippen LogP contribution is -2.43. The Bertz CT molecular complexity index is 984. The average Bonchev–Trinajstić information content (AvgIpc) is 2.86. The average molecular weight is 486 g/mol. The number of nitrogens with zero attached hydrogens (tertiary/aromatic N) is 3. The molecule has 1 unspecified atom stereocenters. The molecule has 0 amide bonds. The highest BCUT2D eigenvalue weighted by molar-refractivity contribution is 5.71. The molecule has 2 heterocycles. The van der Waals surface area contributed by atoms with Crippen LogP contribution < -0.4 is 15.4 Å². The Morgan fingerprint density at radius 1 is 1.26 bits per heavy atom. The smallest absolute Gasteiger partial charge is 0.307 e. The van der Waals surface area contributed by atoms with E-state index in [2.05, 4.69) is 32.7 Å². The molecule has 0 bridgehead atoms.